The number of benzene rings is 3. The normalized spacial score (nSPS) is 11.8. The van der Waals surface area contributed by atoms with Gasteiger partial charge in [-0.15, -0.1) is 0 Å². The smallest absolute Gasteiger partial charge is 0.416 e. The topological polar surface area (TPSA) is 80.1 Å². The maximum atomic E-state index is 13.6. The molecular weight excluding hydrogens is 593 g/mol. The summed E-state index contributed by atoms with van der Waals surface area (Å²) < 4.78 is 77.5. The Morgan fingerprint density at radius 3 is 2.31 bits per heavy atom. The van der Waals surface area contributed by atoms with Crippen LogP contribution < -0.4 is 9.08 Å². The third-order valence-electron chi connectivity index (χ3n) is 6.51. The summed E-state index contributed by atoms with van der Waals surface area (Å²) in [6.45, 7) is 4.94. The van der Waals surface area contributed by atoms with Crippen molar-refractivity contribution in [3.63, 3.8) is 0 Å². The molecule has 0 aliphatic rings. The Kier molecular flexibility index (Phi) is 9.53. The molecule has 12 heteroatoms. The molecule has 0 fully saturated rings. The zero-order valence-corrected chi connectivity index (χ0v) is 24.3. The van der Waals surface area contributed by atoms with E-state index in [1.54, 1.807) is 48.5 Å². The quantitative estimate of drug-likeness (QED) is 0.163. The highest BCUT2D eigenvalue weighted by Gasteiger charge is 2.32. The molecule has 222 valence electrons. The van der Waals surface area contributed by atoms with Crippen LogP contribution in [0.1, 0.15) is 41.1 Å². The Bertz CT molecular complexity index is 1640. The van der Waals surface area contributed by atoms with Gasteiger partial charge < -0.3 is 18.4 Å². The number of hydrogen-bond acceptors (Lipinski definition) is 6. The first-order valence-electron chi connectivity index (χ1n) is 13.0. The van der Waals surface area contributed by atoms with E-state index in [0.717, 1.165) is 18.2 Å². The summed E-state index contributed by atoms with van der Waals surface area (Å²) in [6.07, 6.45) is -3.28. The Hall–Kier alpha value is -3.96. The minimum atomic E-state index is -4.75. The van der Waals surface area contributed by atoms with Gasteiger partial charge in [-0.05, 0) is 62.4 Å². The first-order valence-corrected chi connectivity index (χ1v) is 14.8. The molecule has 4 aromatic rings. The van der Waals surface area contributed by atoms with Gasteiger partial charge in [0.1, 0.15) is 16.4 Å². The van der Waals surface area contributed by atoms with Gasteiger partial charge in [-0.3, -0.25) is 4.79 Å². The van der Waals surface area contributed by atoms with Crippen LogP contribution in [0.2, 0.25) is 5.02 Å². The lowest BCUT2D eigenvalue weighted by molar-refractivity contribution is -0.137. The van der Waals surface area contributed by atoms with Gasteiger partial charge in [0, 0.05) is 30.4 Å². The van der Waals surface area contributed by atoms with Crippen molar-refractivity contribution in [1.82, 2.24) is 4.90 Å². The molecule has 0 bridgehead atoms. The van der Waals surface area contributed by atoms with Crippen LogP contribution in [0.15, 0.2) is 94.4 Å². The predicted molar refractivity (Wildman–Crippen MR) is 153 cm³/mol. The molecular formula is C30H28ClF3N2O5S. The molecule has 0 aliphatic heterocycles. The number of alkyl halides is 3. The van der Waals surface area contributed by atoms with Crippen LogP contribution in [0.3, 0.4) is 0 Å². The minimum Gasteiger partial charge on any atom is -0.467 e. The summed E-state index contributed by atoms with van der Waals surface area (Å²) in [6, 6.07) is 18.1. The summed E-state index contributed by atoms with van der Waals surface area (Å²) in [4.78, 5) is 16.3. The fourth-order valence-electron chi connectivity index (χ4n) is 4.33. The van der Waals surface area contributed by atoms with Gasteiger partial charge >= 0.3 is 16.3 Å². The molecule has 1 amide bonds. The average molecular weight is 621 g/mol. The third-order valence-corrected chi connectivity index (χ3v) is 8.07. The molecule has 3 aromatic carbocycles. The third kappa shape index (κ3) is 7.27. The Balaban J connectivity index is 1.77. The molecule has 0 saturated heterocycles. The summed E-state index contributed by atoms with van der Waals surface area (Å²) in [5.74, 6) is -0.112. The van der Waals surface area contributed by atoms with Crippen molar-refractivity contribution in [2.45, 2.75) is 38.0 Å². The number of hydrogen-bond donors (Lipinski definition) is 0. The predicted octanol–water partition coefficient (Wildman–Crippen LogP) is 7.41. The number of carbonyl (C=O) groups is 1. The van der Waals surface area contributed by atoms with E-state index in [-0.39, 0.29) is 29.4 Å². The molecule has 7 nitrogen and oxygen atoms in total. The molecule has 0 unspecified atom stereocenters. The number of amides is 1. The molecule has 0 atom stereocenters. The van der Waals surface area contributed by atoms with Gasteiger partial charge in [-0.2, -0.15) is 21.6 Å². The van der Waals surface area contributed by atoms with Crippen molar-refractivity contribution >= 4 is 33.3 Å². The number of nitrogens with zero attached hydrogens (tertiary/aromatic N) is 2. The van der Waals surface area contributed by atoms with E-state index in [2.05, 4.69) is 0 Å². The highest BCUT2D eigenvalue weighted by atomic mass is 35.5. The van der Waals surface area contributed by atoms with Crippen LogP contribution in [0.4, 0.5) is 18.9 Å². The lowest BCUT2D eigenvalue weighted by atomic mass is 10.1. The first-order chi connectivity index (χ1) is 19.9. The SMILES string of the molecule is CCN(CC)c1ccc(CN(Cc2ccco2)C(=O)c2ccccc2Cl)c(OS(=O)(=O)c2cccc(C(F)(F)F)c2)c1. The molecule has 0 radical (unpaired) electrons. The number of rotatable bonds is 11. The molecule has 42 heavy (non-hydrogen) atoms. The molecule has 0 saturated carbocycles. The van der Waals surface area contributed by atoms with Crippen LogP contribution in [0, 0.1) is 0 Å². The average Bonchev–Trinajstić information content (AvgIpc) is 3.47. The zero-order chi connectivity index (χ0) is 30.5. The summed E-state index contributed by atoms with van der Waals surface area (Å²) in [5, 5.41) is 0.229. The summed E-state index contributed by atoms with van der Waals surface area (Å²) in [5.41, 5.74) is 0.0326. The van der Waals surface area contributed by atoms with Gasteiger partial charge in [0.05, 0.1) is 35.5 Å². The monoisotopic (exact) mass is 620 g/mol. The van der Waals surface area contributed by atoms with E-state index in [1.165, 1.54) is 17.2 Å². The number of furan rings is 1. The second-order valence-corrected chi connectivity index (χ2v) is 11.2. The maximum absolute atomic E-state index is 13.6. The highest BCUT2D eigenvalue weighted by molar-refractivity contribution is 7.87. The first kappa shape index (κ1) is 31.0. The second-order valence-electron chi connectivity index (χ2n) is 9.25. The maximum Gasteiger partial charge on any atom is 0.416 e. The molecule has 1 heterocycles. The van der Waals surface area contributed by atoms with Crippen molar-refractivity contribution in [2.24, 2.45) is 0 Å². The molecule has 0 aliphatic carbocycles. The van der Waals surface area contributed by atoms with Crippen LogP contribution in [-0.4, -0.2) is 32.3 Å². The van der Waals surface area contributed by atoms with Crippen LogP contribution in [0.5, 0.6) is 5.75 Å². The Morgan fingerprint density at radius 2 is 1.67 bits per heavy atom. The van der Waals surface area contributed by atoms with Gasteiger partial charge in [0.2, 0.25) is 0 Å². The van der Waals surface area contributed by atoms with Crippen molar-refractivity contribution in [3.8, 4) is 5.75 Å². The fourth-order valence-corrected chi connectivity index (χ4v) is 5.55. The lowest BCUT2D eigenvalue weighted by Gasteiger charge is -2.26. The second kappa shape index (κ2) is 12.9. The number of halogens is 4. The van der Waals surface area contributed by atoms with Crippen molar-refractivity contribution in [3.05, 3.63) is 113 Å². The van der Waals surface area contributed by atoms with Gasteiger partial charge in [0.25, 0.3) is 5.91 Å². The van der Waals surface area contributed by atoms with E-state index in [9.17, 15) is 26.4 Å². The highest BCUT2D eigenvalue weighted by Crippen LogP contribution is 2.34. The molecule has 0 N–H and O–H groups in total. The van der Waals surface area contributed by atoms with Gasteiger partial charge in [0.15, 0.2) is 0 Å². The largest absolute Gasteiger partial charge is 0.467 e. The minimum absolute atomic E-state index is 0.0225. The van der Waals surface area contributed by atoms with Crippen molar-refractivity contribution < 1.29 is 35.0 Å². The van der Waals surface area contributed by atoms with E-state index in [1.807, 2.05) is 18.7 Å². The molecule has 0 spiro atoms. The van der Waals surface area contributed by atoms with Gasteiger partial charge in [-0.1, -0.05) is 35.9 Å². The molecule has 1 aromatic heterocycles. The van der Waals surface area contributed by atoms with Crippen LogP contribution >= 0.6 is 11.6 Å². The van der Waals surface area contributed by atoms with Crippen molar-refractivity contribution in [1.29, 1.82) is 0 Å². The van der Waals surface area contributed by atoms with Crippen LogP contribution in [0.25, 0.3) is 0 Å². The zero-order valence-electron chi connectivity index (χ0n) is 22.8. The van der Waals surface area contributed by atoms with E-state index >= 15 is 0 Å². The van der Waals surface area contributed by atoms with E-state index in [0.29, 0.717) is 36.2 Å². The number of carbonyl (C=O) groups excluding carboxylic acids is 1. The van der Waals surface area contributed by atoms with E-state index < -0.39 is 32.7 Å². The Labute approximate surface area is 247 Å². The summed E-state index contributed by atoms with van der Waals surface area (Å²) in [7, 11) is -4.70. The van der Waals surface area contributed by atoms with Crippen LogP contribution in [-0.2, 0) is 29.4 Å². The lowest BCUT2D eigenvalue weighted by Crippen LogP contribution is -2.30. The standard InChI is InChI=1S/C30H28ClF3N2O5S/c1-3-35(4-2)23-15-14-21(28(18-23)41-42(38,39)25-11-7-9-22(17-25)30(32,33)34)19-36(20-24-10-8-16-40-24)29(37)26-12-5-6-13-27(26)31/h5-18H,3-4,19-20H2,1-2H3. The summed E-state index contributed by atoms with van der Waals surface area (Å²) >= 11 is 6.31. The fraction of sp³-hybridized carbons (Fsp3) is 0.233. The number of anilines is 1. The Morgan fingerprint density at radius 1 is 0.929 bits per heavy atom. The van der Waals surface area contributed by atoms with Crippen molar-refractivity contribution in [2.75, 3.05) is 18.0 Å². The van der Waals surface area contributed by atoms with Gasteiger partial charge in [-0.25, -0.2) is 0 Å². The molecule has 4 rings (SSSR count). The van der Waals surface area contributed by atoms with E-state index in [4.69, 9.17) is 20.2 Å².